The summed E-state index contributed by atoms with van der Waals surface area (Å²) in [6.45, 7) is 6.91. The van der Waals surface area contributed by atoms with Crippen LogP contribution in [0.5, 0.6) is 0 Å². The van der Waals surface area contributed by atoms with Crippen molar-refractivity contribution in [2.24, 2.45) is 5.92 Å². The first-order valence-electron chi connectivity index (χ1n) is 3.41. The van der Waals surface area contributed by atoms with Gasteiger partial charge in [0.1, 0.15) is 0 Å². The van der Waals surface area contributed by atoms with Crippen molar-refractivity contribution in [3.05, 3.63) is 0 Å². The number of hydrogen-bond acceptors (Lipinski definition) is 2. The van der Waals surface area contributed by atoms with E-state index in [4.69, 9.17) is 5.11 Å². The Morgan fingerprint density at radius 3 is 2.22 bits per heavy atom. The molecular weight excluding hydrogens is 132 g/mol. The van der Waals surface area contributed by atoms with Crippen LogP contribution in [-0.4, -0.2) is 22.7 Å². The summed E-state index contributed by atoms with van der Waals surface area (Å²) >= 11 is 1.83. The lowest BCUT2D eigenvalue weighted by molar-refractivity contribution is 0.322. The molecule has 0 aliphatic rings. The van der Waals surface area contributed by atoms with E-state index in [1.807, 2.05) is 11.8 Å². The maximum Gasteiger partial charge on any atom is 0.0521 e. The molecule has 2 heteroatoms. The Kier molecular flexibility index (Phi) is 5.30. The van der Waals surface area contributed by atoms with Crippen molar-refractivity contribution in [2.45, 2.75) is 26.0 Å². The van der Waals surface area contributed by atoms with Gasteiger partial charge in [0.15, 0.2) is 0 Å². The van der Waals surface area contributed by atoms with Crippen LogP contribution in [0.25, 0.3) is 0 Å². The Bertz CT molecular complexity index is 63.9. The van der Waals surface area contributed by atoms with Gasteiger partial charge in [-0.25, -0.2) is 0 Å². The van der Waals surface area contributed by atoms with Gasteiger partial charge in [-0.1, -0.05) is 20.8 Å². The molecule has 0 spiro atoms. The standard InChI is InChI=1S/C7H16OS/c1-6(2)7(3)9-5-4-8/h6-8H,4-5H2,1-3H3/t7-/m0/s1. The summed E-state index contributed by atoms with van der Waals surface area (Å²) in [7, 11) is 0. The first kappa shape index (κ1) is 9.31. The van der Waals surface area contributed by atoms with Crippen LogP contribution in [0.4, 0.5) is 0 Å². The first-order chi connectivity index (χ1) is 4.18. The van der Waals surface area contributed by atoms with Crippen LogP contribution in [0.2, 0.25) is 0 Å². The van der Waals surface area contributed by atoms with Crippen LogP contribution < -0.4 is 0 Å². The lowest BCUT2D eigenvalue weighted by Gasteiger charge is -2.13. The van der Waals surface area contributed by atoms with Crippen molar-refractivity contribution in [1.29, 1.82) is 0 Å². The minimum atomic E-state index is 0.307. The molecule has 0 aromatic carbocycles. The quantitative estimate of drug-likeness (QED) is 0.655. The van der Waals surface area contributed by atoms with Crippen molar-refractivity contribution in [3.63, 3.8) is 0 Å². The van der Waals surface area contributed by atoms with E-state index >= 15 is 0 Å². The van der Waals surface area contributed by atoms with E-state index in [2.05, 4.69) is 20.8 Å². The van der Waals surface area contributed by atoms with Crippen LogP contribution in [-0.2, 0) is 0 Å². The topological polar surface area (TPSA) is 20.2 Å². The van der Waals surface area contributed by atoms with Crippen LogP contribution >= 0.6 is 11.8 Å². The zero-order valence-electron chi connectivity index (χ0n) is 6.42. The van der Waals surface area contributed by atoms with Gasteiger partial charge in [-0.05, 0) is 5.92 Å². The highest BCUT2D eigenvalue weighted by molar-refractivity contribution is 7.99. The van der Waals surface area contributed by atoms with E-state index in [1.165, 1.54) is 0 Å². The Morgan fingerprint density at radius 1 is 1.33 bits per heavy atom. The van der Waals surface area contributed by atoms with E-state index in [1.54, 1.807) is 0 Å². The van der Waals surface area contributed by atoms with Crippen LogP contribution in [0, 0.1) is 5.92 Å². The minimum Gasteiger partial charge on any atom is -0.396 e. The van der Waals surface area contributed by atoms with Gasteiger partial charge in [-0.2, -0.15) is 11.8 Å². The zero-order chi connectivity index (χ0) is 7.28. The van der Waals surface area contributed by atoms with Crippen molar-refractivity contribution < 1.29 is 5.11 Å². The van der Waals surface area contributed by atoms with Gasteiger partial charge in [0.05, 0.1) is 6.61 Å². The Hall–Kier alpha value is 0.310. The summed E-state index contributed by atoms with van der Waals surface area (Å²) in [4.78, 5) is 0. The lowest BCUT2D eigenvalue weighted by atomic mass is 10.2. The van der Waals surface area contributed by atoms with E-state index in [-0.39, 0.29) is 0 Å². The van der Waals surface area contributed by atoms with Crippen molar-refractivity contribution in [1.82, 2.24) is 0 Å². The second-order valence-electron chi connectivity index (χ2n) is 2.54. The third kappa shape index (κ3) is 4.79. The molecule has 0 aromatic rings. The summed E-state index contributed by atoms with van der Waals surface area (Å²) in [6.07, 6.45) is 0. The molecule has 0 bridgehead atoms. The molecule has 0 radical (unpaired) electrons. The summed E-state index contributed by atoms with van der Waals surface area (Å²) in [5, 5.41) is 9.15. The average molecular weight is 148 g/mol. The Labute approximate surface area is 61.8 Å². The van der Waals surface area contributed by atoms with Crippen molar-refractivity contribution in [2.75, 3.05) is 12.4 Å². The molecule has 9 heavy (non-hydrogen) atoms. The highest BCUT2D eigenvalue weighted by Gasteiger charge is 2.05. The summed E-state index contributed by atoms with van der Waals surface area (Å²) in [6, 6.07) is 0. The van der Waals surface area contributed by atoms with Gasteiger partial charge in [0.25, 0.3) is 0 Å². The summed E-state index contributed by atoms with van der Waals surface area (Å²) in [5.74, 6) is 1.60. The third-order valence-corrected chi connectivity index (χ3v) is 2.90. The molecule has 56 valence electrons. The molecule has 0 heterocycles. The van der Waals surface area contributed by atoms with Crippen LogP contribution in [0.1, 0.15) is 20.8 Å². The van der Waals surface area contributed by atoms with Crippen LogP contribution in [0.3, 0.4) is 0 Å². The van der Waals surface area contributed by atoms with E-state index in [9.17, 15) is 0 Å². The first-order valence-corrected chi connectivity index (χ1v) is 4.45. The van der Waals surface area contributed by atoms with Gasteiger partial charge in [0, 0.05) is 11.0 Å². The fraction of sp³-hybridized carbons (Fsp3) is 1.00. The van der Waals surface area contributed by atoms with E-state index in [0.29, 0.717) is 11.9 Å². The molecule has 1 N–H and O–H groups in total. The highest BCUT2D eigenvalue weighted by atomic mass is 32.2. The SMILES string of the molecule is CC(C)[C@H](C)SCCO. The third-order valence-electron chi connectivity index (χ3n) is 1.41. The highest BCUT2D eigenvalue weighted by Crippen LogP contribution is 2.17. The van der Waals surface area contributed by atoms with Crippen molar-refractivity contribution in [3.8, 4) is 0 Å². The molecular formula is C7H16OS. The van der Waals surface area contributed by atoms with Gasteiger partial charge < -0.3 is 5.11 Å². The summed E-state index contributed by atoms with van der Waals surface area (Å²) in [5.41, 5.74) is 0. The summed E-state index contributed by atoms with van der Waals surface area (Å²) < 4.78 is 0. The lowest BCUT2D eigenvalue weighted by Crippen LogP contribution is -2.07. The van der Waals surface area contributed by atoms with Gasteiger partial charge in [-0.3, -0.25) is 0 Å². The Morgan fingerprint density at radius 2 is 1.89 bits per heavy atom. The molecule has 0 saturated heterocycles. The second kappa shape index (κ2) is 5.12. The predicted molar refractivity (Wildman–Crippen MR) is 43.8 cm³/mol. The molecule has 0 rings (SSSR count). The minimum absolute atomic E-state index is 0.307. The molecule has 0 fully saturated rings. The fourth-order valence-corrected chi connectivity index (χ4v) is 1.29. The molecule has 0 saturated carbocycles. The molecule has 0 aliphatic heterocycles. The molecule has 0 amide bonds. The number of aliphatic hydroxyl groups is 1. The van der Waals surface area contributed by atoms with Crippen LogP contribution in [0.15, 0.2) is 0 Å². The number of rotatable bonds is 4. The maximum absolute atomic E-state index is 8.48. The molecule has 1 nitrogen and oxygen atoms in total. The smallest absolute Gasteiger partial charge is 0.0521 e. The number of hydrogen-bond donors (Lipinski definition) is 1. The maximum atomic E-state index is 8.48. The van der Waals surface area contributed by atoms with Gasteiger partial charge in [0.2, 0.25) is 0 Å². The zero-order valence-corrected chi connectivity index (χ0v) is 7.24. The fourth-order valence-electron chi connectivity index (χ4n) is 0.431. The largest absolute Gasteiger partial charge is 0.396 e. The molecule has 0 unspecified atom stereocenters. The van der Waals surface area contributed by atoms with Gasteiger partial charge >= 0.3 is 0 Å². The average Bonchev–Trinajstić information content (AvgIpc) is 1.82. The van der Waals surface area contributed by atoms with Crippen molar-refractivity contribution >= 4 is 11.8 Å². The molecule has 0 aromatic heterocycles. The molecule has 1 atom stereocenters. The molecule has 0 aliphatic carbocycles. The second-order valence-corrected chi connectivity index (χ2v) is 4.03. The Balaban J connectivity index is 3.16. The van der Waals surface area contributed by atoms with E-state index < -0.39 is 0 Å². The van der Waals surface area contributed by atoms with Gasteiger partial charge in [-0.15, -0.1) is 0 Å². The number of thioether (sulfide) groups is 1. The number of aliphatic hydroxyl groups excluding tert-OH is 1. The predicted octanol–water partition coefficient (Wildman–Crippen LogP) is 1.76. The normalized spacial score (nSPS) is 14.3. The van der Waals surface area contributed by atoms with E-state index in [0.717, 1.165) is 11.7 Å². The monoisotopic (exact) mass is 148 g/mol.